The van der Waals surface area contributed by atoms with Gasteiger partial charge in [-0.25, -0.2) is 0 Å². The number of hydrogen-bond donors (Lipinski definition) is 1. The lowest BCUT2D eigenvalue weighted by Crippen LogP contribution is -2.42. The fraction of sp³-hybridized carbons (Fsp3) is 0.538. The number of carbonyl (C=O) groups is 1. The van der Waals surface area contributed by atoms with Crippen LogP contribution in [0.1, 0.15) is 23.2 Å². The summed E-state index contributed by atoms with van der Waals surface area (Å²) in [5, 5.41) is 3.19. The first-order valence-electron chi connectivity index (χ1n) is 6.15. The summed E-state index contributed by atoms with van der Waals surface area (Å²) in [7, 11) is 1.96. The van der Waals surface area contributed by atoms with Crippen molar-refractivity contribution in [2.24, 2.45) is 5.92 Å². The van der Waals surface area contributed by atoms with Gasteiger partial charge in [0.25, 0.3) is 5.91 Å². The molecule has 0 aromatic carbocycles. The molecule has 1 aromatic heterocycles. The van der Waals surface area contributed by atoms with E-state index >= 15 is 0 Å². The summed E-state index contributed by atoms with van der Waals surface area (Å²) in [6.07, 6.45) is 5.64. The summed E-state index contributed by atoms with van der Waals surface area (Å²) in [6.45, 7) is 2.71. The van der Waals surface area contributed by atoms with Gasteiger partial charge in [0.1, 0.15) is 0 Å². The molecule has 92 valence electrons. The number of piperidine rings is 1. The van der Waals surface area contributed by atoms with Gasteiger partial charge < -0.3 is 10.2 Å². The van der Waals surface area contributed by atoms with E-state index in [2.05, 4.69) is 10.3 Å². The van der Waals surface area contributed by atoms with Gasteiger partial charge in [-0.3, -0.25) is 9.78 Å². The zero-order valence-electron chi connectivity index (χ0n) is 10.2. The highest BCUT2D eigenvalue weighted by atomic mass is 16.2. The number of rotatable bonds is 3. The Morgan fingerprint density at radius 3 is 3.24 bits per heavy atom. The Hall–Kier alpha value is -1.42. The van der Waals surface area contributed by atoms with E-state index in [1.807, 2.05) is 24.1 Å². The van der Waals surface area contributed by atoms with Crippen LogP contribution < -0.4 is 5.32 Å². The Labute approximate surface area is 102 Å². The van der Waals surface area contributed by atoms with Crippen LogP contribution in [-0.2, 0) is 0 Å². The molecule has 2 heterocycles. The standard InChI is InChI=1S/C13H19N3O/c1-14-8-11-4-3-7-16(10-11)13(17)12-5-2-6-15-9-12/h2,5-6,9,11,14H,3-4,7-8,10H2,1H3. The molecule has 1 aliphatic rings. The molecule has 1 saturated heterocycles. The molecule has 1 N–H and O–H groups in total. The molecule has 0 bridgehead atoms. The largest absolute Gasteiger partial charge is 0.338 e. The lowest BCUT2D eigenvalue weighted by molar-refractivity contribution is 0.0674. The van der Waals surface area contributed by atoms with Crippen LogP contribution in [-0.4, -0.2) is 42.5 Å². The molecule has 1 fully saturated rings. The Balaban J connectivity index is 2.00. The second-order valence-corrected chi connectivity index (χ2v) is 4.56. The second kappa shape index (κ2) is 5.77. The number of hydrogen-bond acceptors (Lipinski definition) is 3. The van der Waals surface area contributed by atoms with Crippen molar-refractivity contribution in [3.63, 3.8) is 0 Å². The Morgan fingerprint density at radius 1 is 1.65 bits per heavy atom. The van der Waals surface area contributed by atoms with E-state index in [4.69, 9.17) is 0 Å². The molecule has 2 rings (SSSR count). The topological polar surface area (TPSA) is 45.2 Å². The minimum Gasteiger partial charge on any atom is -0.338 e. The van der Waals surface area contributed by atoms with E-state index < -0.39 is 0 Å². The Kier molecular flexibility index (Phi) is 4.09. The summed E-state index contributed by atoms with van der Waals surface area (Å²) < 4.78 is 0. The van der Waals surface area contributed by atoms with Gasteiger partial charge in [-0.15, -0.1) is 0 Å². The van der Waals surface area contributed by atoms with E-state index in [1.165, 1.54) is 6.42 Å². The van der Waals surface area contributed by atoms with E-state index in [0.29, 0.717) is 11.5 Å². The highest BCUT2D eigenvalue weighted by Crippen LogP contribution is 2.17. The van der Waals surface area contributed by atoms with Crippen molar-refractivity contribution in [3.8, 4) is 0 Å². The average Bonchev–Trinajstić information content (AvgIpc) is 2.40. The zero-order chi connectivity index (χ0) is 12.1. The Bertz CT molecular complexity index is 364. The predicted molar refractivity (Wildman–Crippen MR) is 66.8 cm³/mol. The number of nitrogens with one attached hydrogen (secondary N) is 1. The molecule has 1 unspecified atom stereocenters. The van der Waals surface area contributed by atoms with Gasteiger partial charge in [0.2, 0.25) is 0 Å². The van der Waals surface area contributed by atoms with Gasteiger partial charge in [0.15, 0.2) is 0 Å². The van der Waals surface area contributed by atoms with Gasteiger partial charge in [-0.2, -0.15) is 0 Å². The molecule has 0 radical (unpaired) electrons. The normalized spacial score (nSPS) is 20.3. The number of aromatic nitrogens is 1. The molecule has 0 aliphatic carbocycles. The predicted octanol–water partition coefficient (Wildman–Crippen LogP) is 1.15. The van der Waals surface area contributed by atoms with Crippen molar-refractivity contribution in [1.82, 2.24) is 15.2 Å². The zero-order valence-corrected chi connectivity index (χ0v) is 10.2. The quantitative estimate of drug-likeness (QED) is 0.852. The van der Waals surface area contributed by atoms with Crippen LogP contribution in [0.15, 0.2) is 24.5 Å². The molecule has 4 nitrogen and oxygen atoms in total. The third-order valence-electron chi connectivity index (χ3n) is 3.21. The highest BCUT2D eigenvalue weighted by molar-refractivity contribution is 5.93. The third kappa shape index (κ3) is 3.03. The molecule has 1 atom stereocenters. The van der Waals surface area contributed by atoms with Crippen molar-refractivity contribution in [1.29, 1.82) is 0 Å². The van der Waals surface area contributed by atoms with Crippen molar-refractivity contribution in [2.75, 3.05) is 26.7 Å². The molecule has 17 heavy (non-hydrogen) atoms. The number of likely N-dealkylation sites (tertiary alicyclic amines) is 1. The molecule has 4 heteroatoms. The molecular weight excluding hydrogens is 214 g/mol. The van der Waals surface area contributed by atoms with Crippen LogP contribution in [0.5, 0.6) is 0 Å². The van der Waals surface area contributed by atoms with Crippen LogP contribution in [0.4, 0.5) is 0 Å². The molecule has 0 saturated carbocycles. The summed E-state index contributed by atoms with van der Waals surface area (Å²) >= 11 is 0. The van der Waals surface area contributed by atoms with E-state index in [0.717, 1.165) is 26.1 Å². The lowest BCUT2D eigenvalue weighted by atomic mass is 9.97. The molecule has 1 aliphatic heterocycles. The van der Waals surface area contributed by atoms with E-state index in [9.17, 15) is 4.79 Å². The molecular formula is C13H19N3O. The fourth-order valence-electron chi connectivity index (χ4n) is 2.38. The van der Waals surface area contributed by atoms with Crippen LogP contribution in [0.3, 0.4) is 0 Å². The first-order valence-corrected chi connectivity index (χ1v) is 6.15. The maximum Gasteiger partial charge on any atom is 0.255 e. The summed E-state index contributed by atoms with van der Waals surface area (Å²) in [5.74, 6) is 0.688. The van der Waals surface area contributed by atoms with Crippen LogP contribution in [0.2, 0.25) is 0 Å². The van der Waals surface area contributed by atoms with Gasteiger partial charge in [0.05, 0.1) is 5.56 Å². The average molecular weight is 233 g/mol. The SMILES string of the molecule is CNCC1CCCN(C(=O)c2cccnc2)C1. The van der Waals surface area contributed by atoms with E-state index in [1.54, 1.807) is 12.4 Å². The van der Waals surface area contributed by atoms with Gasteiger partial charge in [-0.1, -0.05) is 0 Å². The number of nitrogens with zero attached hydrogens (tertiary/aromatic N) is 2. The van der Waals surface area contributed by atoms with Crippen LogP contribution in [0.25, 0.3) is 0 Å². The summed E-state index contributed by atoms with van der Waals surface area (Å²) in [6, 6.07) is 3.64. The maximum atomic E-state index is 12.2. The summed E-state index contributed by atoms with van der Waals surface area (Å²) in [5.41, 5.74) is 0.692. The van der Waals surface area contributed by atoms with Crippen molar-refractivity contribution < 1.29 is 4.79 Å². The first-order chi connectivity index (χ1) is 8.31. The Morgan fingerprint density at radius 2 is 2.53 bits per heavy atom. The number of amides is 1. The molecule has 1 amide bonds. The third-order valence-corrected chi connectivity index (χ3v) is 3.21. The van der Waals surface area contributed by atoms with Gasteiger partial charge in [0, 0.05) is 25.5 Å². The van der Waals surface area contributed by atoms with Crippen LogP contribution >= 0.6 is 0 Å². The maximum absolute atomic E-state index is 12.2. The van der Waals surface area contributed by atoms with Crippen molar-refractivity contribution in [2.45, 2.75) is 12.8 Å². The van der Waals surface area contributed by atoms with Gasteiger partial charge in [-0.05, 0) is 44.5 Å². The van der Waals surface area contributed by atoms with Crippen molar-refractivity contribution in [3.05, 3.63) is 30.1 Å². The number of pyridine rings is 1. The van der Waals surface area contributed by atoms with Gasteiger partial charge >= 0.3 is 0 Å². The second-order valence-electron chi connectivity index (χ2n) is 4.56. The molecule has 1 aromatic rings. The lowest BCUT2D eigenvalue weighted by Gasteiger charge is -2.32. The van der Waals surface area contributed by atoms with E-state index in [-0.39, 0.29) is 5.91 Å². The minimum absolute atomic E-state index is 0.110. The fourth-order valence-corrected chi connectivity index (χ4v) is 2.38. The molecule has 0 spiro atoms. The highest BCUT2D eigenvalue weighted by Gasteiger charge is 2.23. The summed E-state index contributed by atoms with van der Waals surface area (Å²) in [4.78, 5) is 18.2. The number of carbonyl (C=O) groups excluding carboxylic acids is 1. The monoisotopic (exact) mass is 233 g/mol. The minimum atomic E-state index is 0.110. The van der Waals surface area contributed by atoms with Crippen molar-refractivity contribution >= 4 is 5.91 Å². The van der Waals surface area contributed by atoms with Crippen LogP contribution in [0, 0.1) is 5.92 Å². The smallest absolute Gasteiger partial charge is 0.255 e. The first kappa shape index (κ1) is 12.0.